The van der Waals surface area contributed by atoms with Crippen LogP contribution in [0.4, 0.5) is 0 Å². The highest BCUT2D eigenvalue weighted by Gasteiger charge is 2.15. The van der Waals surface area contributed by atoms with E-state index in [1.165, 1.54) is 51.2 Å². The van der Waals surface area contributed by atoms with Gasteiger partial charge in [-0.05, 0) is 35.4 Å². The lowest BCUT2D eigenvalue weighted by atomic mass is 10.0. The fourth-order valence-electron chi connectivity index (χ4n) is 4.10. The molecule has 36 heavy (non-hydrogen) atoms. The molecular formula is C30H35ClN2O3. The first-order valence-corrected chi connectivity index (χ1v) is 13.3. The van der Waals surface area contributed by atoms with Gasteiger partial charge in [0, 0.05) is 12.0 Å². The van der Waals surface area contributed by atoms with E-state index in [2.05, 4.69) is 17.5 Å². The summed E-state index contributed by atoms with van der Waals surface area (Å²) in [6, 6.07) is 18.1. The van der Waals surface area contributed by atoms with Crippen molar-refractivity contribution in [1.29, 1.82) is 0 Å². The van der Waals surface area contributed by atoms with Gasteiger partial charge < -0.3 is 4.74 Å². The van der Waals surface area contributed by atoms with Gasteiger partial charge in [0.2, 0.25) is 5.91 Å². The van der Waals surface area contributed by atoms with Crippen LogP contribution in [0.2, 0.25) is 5.02 Å². The van der Waals surface area contributed by atoms with Crippen molar-refractivity contribution < 1.29 is 14.3 Å². The number of nitrogens with zero attached hydrogens (tertiary/aromatic N) is 1. The smallest absolute Gasteiger partial charge is 0.345 e. The maximum absolute atomic E-state index is 12.7. The minimum Gasteiger partial charge on any atom is -0.422 e. The molecule has 3 aromatic carbocycles. The number of hydrogen-bond acceptors (Lipinski definition) is 4. The zero-order valence-electron chi connectivity index (χ0n) is 21.0. The van der Waals surface area contributed by atoms with Crippen LogP contribution in [-0.2, 0) is 4.79 Å². The molecule has 190 valence electrons. The van der Waals surface area contributed by atoms with Crippen LogP contribution in [0.5, 0.6) is 5.75 Å². The molecule has 0 bridgehead atoms. The highest BCUT2D eigenvalue weighted by atomic mass is 35.5. The SMILES string of the molecule is CCCCCCCCCCCC(=O)N/N=C\c1c(OC(=O)c2ccccc2Cl)ccc2ccccc12. The molecule has 0 aliphatic rings. The summed E-state index contributed by atoms with van der Waals surface area (Å²) in [6.07, 6.45) is 12.8. The number of hydrogen-bond donors (Lipinski definition) is 1. The normalized spacial score (nSPS) is 11.2. The third kappa shape index (κ3) is 8.49. The fraction of sp³-hybridized carbons (Fsp3) is 0.367. The number of amides is 1. The van der Waals surface area contributed by atoms with Gasteiger partial charge >= 0.3 is 5.97 Å². The minimum atomic E-state index is -0.556. The van der Waals surface area contributed by atoms with Gasteiger partial charge in [0.15, 0.2) is 0 Å². The number of fused-ring (bicyclic) bond motifs is 1. The molecule has 1 N–H and O–H groups in total. The highest BCUT2D eigenvalue weighted by Crippen LogP contribution is 2.28. The second-order valence-electron chi connectivity index (χ2n) is 8.94. The van der Waals surface area contributed by atoms with Crippen molar-refractivity contribution in [3.63, 3.8) is 0 Å². The Morgan fingerprint density at radius 1 is 0.861 bits per heavy atom. The Kier molecular flexibility index (Phi) is 11.5. The largest absolute Gasteiger partial charge is 0.422 e. The maximum Gasteiger partial charge on any atom is 0.345 e. The summed E-state index contributed by atoms with van der Waals surface area (Å²) in [5.41, 5.74) is 3.50. The molecule has 5 nitrogen and oxygen atoms in total. The summed E-state index contributed by atoms with van der Waals surface area (Å²) >= 11 is 6.16. The predicted molar refractivity (Wildman–Crippen MR) is 148 cm³/mol. The molecule has 0 radical (unpaired) electrons. The number of halogens is 1. The molecule has 3 aromatic rings. The molecular weight excluding hydrogens is 472 g/mol. The van der Waals surface area contributed by atoms with Gasteiger partial charge in [-0.25, -0.2) is 10.2 Å². The predicted octanol–water partition coefficient (Wildman–Crippen LogP) is 8.08. The number of benzene rings is 3. The summed E-state index contributed by atoms with van der Waals surface area (Å²) < 4.78 is 5.68. The maximum atomic E-state index is 12.7. The molecule has 0 saturated carbocycles. The number of ether oxygens (including phenoxy) is 1. The van der Waals surface area contributed by atoms with E-state index in [1.54, 1.807) is 30.3 Å². The first-order chi connectivity index (χ1) is 17.6. The zero-order chi connectivity index (χ0) is 25.6. The molecule has 0 atom stereocenters. The van der Waals surface area contributed by atoms with Crippen LogP contribution >= 0.6 is 11.6 Å². The molecule has 1 amide bonds. The van der Waals surface area contributed by atoms with E-state index in [1.807, 2.05) is 30.3 Å². The Morgan fingerprint density at radius 3 is 2.28 bits per heavy atom. The van der Waals surface area contributed by atoms with E-state index >= 15 is 0 Å². The Labute approximate surface area is 218 Å². The van der Waals surface area contributed by atoms with E-state index in [0.29, 0.717) is 22.8 Å². The third-order valence-electron chi connectivity index (χ3n) is 6.12. The molecule has 0 heterocycles. The van der Waals surface area contributed by atoms with Crippen molar-refractivity contribution in [2.45, 2.75) is 71.1 Å². The Balaban J connectivity index is 1.57. The lowest BCUT2D eigenvalue weighted by Gasteiger charge is -2.11. The van der Waals surface area contributed by atoms with Crippen LogP contribution in [0, 0.1) is 0 Å². The topological polar surface area (TPSA) is 67.8 Å². The zero-order valence-corrected chi connectivity index (χ0v) is 21.7. The number of rotatable bonds is 14. The molecule has 0 fully saturated rings. The van der Waals surface area contributed by atoms with E-state index in [-0.39, 0.29) is 11.5 Å². The van der Waals surface area contributed by atoms with Crippen LogP contribution in [0.15, 0.2) is 65.8 Å². The van der Waals surface area contributed by atoms with Crippen molar-refractivity contribution in [3.05, 3.63) is 76.8 Å². The second kappa shape index (κ2) is 15.0. The van der Waals surface area contributed by atoms with Crippen LogP contribution < -0.4 is 10.2 Å². The Morgan fingerprint density at radius 2 is 1.53 bits per heavy atom. The van der Waals surface area contributed by atoms with E-state index in [0.717, 1.165) is 23.6 Å². The average molecular weight is 507 g/mol. The average Bonchev–Trinajstić information content (AvgIpc) is 2.89. The number of unbranched alkanes of at least 4 members (excludes halogenated alkanes) is 8. The van der Waals surface area contributed by atoms with E-state index in [4.69, 9.17) is 16.3 Å². The van der Waals surface area contributed by atoms with Gasteiger partial charge in [0.1, 0.15) is 5.75 Å². The summed E-state index contributed by atoms with van der Waals surface area (Å²) in [7, 11) is 0. The standard InChI is InChI=1S/C30H35ClN2O3/c1-2-3-4-5-6-7-8-9-10-19-29(34)33-32-22-26-24-16-12-11-15-23(24)20-21-28(26)36-30(35)25-17-13-14-18-27(25)31/h11-18,20-22H,2-10,19H2,1H3,(H,33,34)/b32-22-. The van der Waals surface area contributed by atoms with Crippen LogP contribution in [0.1, 0.15) is 87.1 Å². The Bertz CT molecular complexity index is 1180. The molecule has 0 aliphatic heterocycles. The Hall–Kier alpha value is -3.18. The van der Waals surface area contributed by atoms with Crippen LogP contribution in [0.3, 0.4) is 0 Å². The molecule has 0 aromatic heterocycles. The van der Waals surface area contributed by atoms with E-state index in [9.17, 15) is 9.59 Å². The third-order valence-corrected chi connectivity index (χ3v) is 6.45. The van der Waals surface area contributed by atoms with Gasteiger partial charge in [0.05, 0.1) is 16.8 Å². The van der Waals surface area contributed by atoms with Crippen LogP contribution in [-0.4, -0.2) is 18.1 Å². The van der Waals surface area contributed by atoms with Gasteiger partial charge in [-0.2, -0.15) is 5.10 Å². The lowest BCUT2D eigenvalue weighted by Crippen LogP contribution is -2.17. The van der Waals surface area contributed by atoms with Crippen molar-refractivity contribution in [3.8, 4) is 5.75 Å². The van der Waals surface area contributed by atoms with Crippen molar-refractivity contribution in [2.75, 3.05) is 0 Å². The van der Waals surface area contributed by atoms with Crippen molar-refractivity contribution in [2.24, 2.45) is 5.10 Å². The molecule has 6 heteroatoms. The minimum absolute atomic E-state index is 0.121. The number of nitrogens with one attached hydrogen (secondary N) is 1. The van der Waals surface area contributed by atoms with Crippen molar-refractivity contribution >= 4 is 40.5 Å². The first-order valence-electron chi connectivity index (χ1n) is 12.9. The second-order valence-corrected chi connectivity index (χ2v) is 9.35. The summed E-state index contributed by atoms with van der Waals surface area (Å²) in [6.45, 7) is 2.23. The van der Waals surface area contributed by atoms with Gasteiger partial charge in [0.25, 0.3) is 0 Å². The monoisotopic (exact) mass is 506 g/mol. The van der Waals surface area contributed by atoms with Gasteiger partial charge in [-0.3, -0.25) is 4.79 Å². The van der Waals surface area contributed by atoms with Crippen molar-refractivity contribution in [1.82, 2.24) is 5.43 Å². The van der Waals surface area contributed by atoms with Gasteiger partial charge in [-0.1, -0.05) is 112 Å². The summed E-state index contributed by atoms with van der Waals surface area (Å²) in [4.78, 5) is 25.0. The first kappa shape index (κ1) is 27.4. The van der Waals surface area contributed by atoms with Gasteiger partial charge in [-0.15, -0.1) is 0 Å². The molecule has 0 spiro atoms. The quantitative estimate of drug-likeness (QED) is 0.0789. The lowest BCUT2D eigenvalue weighted by molar-refractivity contribution is -0.121. The number of hydrazone groups is 1. The highest BCUT2D eigenvalue weighted by molar-refractivity contribution is 6.33. The summed E-state index contributed by atoms with van der Waals surface area (Å²) in [5, 5.41) is 6.32. The number of esters is 1. The number of carbonyl (C=O) groups is 2. The summed E-state index contributed by atoms with van der Waals surface area (Å²) in [5.74, 6) is -0.334. The molecule has 0 saturated heterocycles. The molecule has 0 aliphatic carbocycles. The fourth-order valence-corrected chi connectivity index (χ4v) is 4.31. The molecule has 3 rings (SSSR count). The number of carbonyl (C=O) groups excluding carboxylic acids is 2. The van der Waals surface area contributed by atoms with Crippen LogP contribution in [0.25, 0.3) is 10.8 Å². The van der Waals surface area contributed by atoms with E-state index < -0.39 is 5.97 Å². The molecule has 0 unspecified atom stereocenters.